The molecule has 0 N–H and O–H groups in total. The molecule has 0 bridgehead atoms. The van der Waals surface area contributed by atoms with E-state index in [0.29, 0.717) is 12.5 Å². The van der Waals surface area contributed by atoms with E-state index in [0.717, 1.165) is 38.8 Å². The van der Waals surface area contributed by atoms with Gasteiger partial charge in [0.2, 0.25) is 0 Å². The SMILES string of the molecule is CC(C)(C)OC(=O)N1CCC(C2(CN=[N+]=[N-])CC2)CC1. The smallest absolute Gasteiger partial charge is 0.410 e. The average molecular weight is 280 g/mol. The van der Waals surface area contributed by atoms with Crippen molar-refractivity contribution in [3.63, 3.8) is 0 Å². The fourth-order valence-corrected chi connectivity index (χ4v) is 3.03. The Kier molecular flexibility index (Phi) is 4.14. The molecule has 0 aromatic heterocycles. The summed E-state index contributed by atoms with van der Waals surface area (Å²) in [4.78, 5) is 16.7. The molecule has 6 heteroatoms. The summed E-state index contributed by atoms with van der Waals surface area (Å²) in [5, 5.41) is 3.76. The molecule has 0 unspecified atom stereocenters. The Morgan fingerprint density at radius 2 is 2.00 bits per heavy atom. The Hall–Kier alpha value is -1.42. The van der Waals surface area contributed by atoms with Crippen LogP contribution in [0.5, 0.6) is 0 Å². The molecule has 2 aliphatic rings. The molecule has 0 spiro atoms. The Balaban J connectivity index is 1.84. The summed E-state index contributed by atoms with van der Waals surface area (Å²) in [6.45, 7) is 7.76. The molecule has 20 heavy (non-hydrogen) atoms. The summed E-state index contributed by atoms with van der Waals surface area (Å²) in [7, 11) is 0. The number of piperidine rings is 1. The highest BCUT2D eigenvalue weighted by Gasteiger charge is 2.49. The van der Waals surface area contributed by atoms with E-state index in [1.165, 1.54) is 0 Å². The van der Waals surface area contributed by atoms with Crippen LogP contribution in [0.25, 0.3) is 10.4 Å². The highest BCUT2D eigenvalue weighted by molar-refractivity contribution is 5.68. The highest BCUT2D eigenvalue weighted by atomic mass is 16.6. The molecule has 0 atom stereocenters. The van der Waals surface area contributed by atoms with Crippen molar-refractivity contribution in [3.05, 3.63) is 10.4 Å². The van der Waals surface area contributed by atoms with Crippen molar-refractivity contribution in [1.82, 2.24) is 4.90 Å². The van der Waals surface area contributed by atoms with Crippen LogP contribution in [-0.4, -0.2) is 36.2 Å². The van der Waals surface area contributed by atoms with E-state index >= 15 is 0 Å². The van der Waals surface area contributed by atoms with E-state index in [9.17, 15) is 4.79 Å². The first-order chi connectivity index (χ1) is 9.36. The summed E-state index contributed by atoms with van der Waals surface area (Å²) < 4.78 is 5.40. The number of carbonyl (C=O) groups is 1. The minimum Gasteiger partial charge on any atom is -0.444 e. The van der Waals surface area contributed by atoms with Crippen LogP contribution >= 0.6 is 0 Å². The third-order valence-electron chi connectivity index (χ3n) is 4.35. The van der Waals surface area contributed by atoms with Gasteiger partial charge in [-0.25, -0.2) is 4.79 Å². The Labute approximate surface area is 120 Å². The lowest BCUT2D eigenvalue weighted by Crippen LogP contribution is -2.43. The predicted octanol–water partition coefficient (Wildman–Crippen LogP) is 3.72. The van der Waals surface area contributed by atoms with E-state index < -0.39 is 5.60 Å². The Bertz CT molecular complexity index is 411. The van der Waals surface area contributed by atoms with Crippen molar-refractivity contribution in [2.45, 2.75) is 52.1 Å². The van der Waals surface area contributed by atoms with Crippen LogP contribution in [0, 0.1) is 11.3 Å². The van der Waals surface area contributed by atoms with Crippen LogP contribution in [0.15, 0.2) is 5.11 Å². The van der Waals surface area contributed by atoms with Gasteiger partial charge in [-0.1, -0.05) is 5.11 Å². The molecule has 112 valence electrons. The van der Waals surface area contributed by atoms with Gasteiger partial charge in [-0.05, 0) is 63.3 Å². The van der Waals surface area contributed by atoms with Gasteiger partial charge in [0.25, 0.3) is 0 Å². The second-order valence-corrected chi connectivity index (χ2v) is 6.99. The maximum Gasteiger partial charge on any atom is 0.410 e. The van der Waals surface area contributed by atoms with Gasteiger partial charge >= 0.3 is 6.09 Å². The Morgan fingerprint density at radius 1 is 1.40 bits per heavy atom. The minimum atomic E-state index is -0.437. The Morgan fingerprint density at radius 3 is 2.45 bits per heavy atom. The van der Waals surface area contributed by atoms with Crippen molar-refractivity contribution < 1.29 is 9.53 Å². The van der Waals surface area contributed by atoms with E-state index in [4.69, 9.17) is 10.3 Å². The summed E-state index contributed by atoms with van der Waals surface area (Å²) in [6.07, 6.45) is 4.07. The number of ether oxygens (including phenoxy) is 1. The number of carbonyl (C=O) groups excluding carboxylic acids is 1. The van der Waals surface area contributed by atoms with Crippen molar-refractivity contribution in [2.24, 2.45) is 16.4 Å². The summed E-state index contributed by atoms with van der Waals surface area (Å²) in [6, 6.07) is 0. The number of rotatable bonds is 3. The fraction of sp³-hybridized carbons (Fsp3) is 0.929. The van der Waals surface area contributed by atoms with E-state index in [2.05, 4.69) is 10.0 Å². The lowest BCUT2D eigenvalue weighted by molar-refractivity contribution is 0.0152. The number of hydrogen-bond donors (Lipinski definition) is 0. The first kappa shape index (κ1) is 15.0. The first-order valence-corrected chi connectivity index (χ1v) is 7.35. The number of amides is 1. The molecule has 2 fully saturated rings. The average Bonchev–Trinajstić information content (AvgIpc) is 3.16. The first-order valence-electron chi connectivity index (χ1n) is 7.35. The van der Waals surface area contributed by atoms with E-state index in [1.54, 1.807) is 4.90 Å². The molecule has 6 nitrogen and oxygen atoms in total. The molecule has 0 aromatic rings. The van der Waals surface area contributed by atoms with Crippen LogP contribution in [0.1, 0.15) is 46.5 Å². The molecule has 2 rings (SSSR count). The zero-order valence-corrected chi connectivity index (χ0v) is 12.6. The van der Waals surface area contributed by atoms with Crippen molar-refractivity contribution in [1.29, 1.82) is 0 Å². The summed E-state index contributed by atoms with van der Waals surface area (Å²) in [5.74, 6) is 0.576. The molecule has 0 radical (unpaired) electrons. The van der Waals surface area contributed by atoms with Gasteiger partial charge in [-0.15, -0.1) is 0 Å². The summed E-state index contributed by atoms with van der Waals surface area (Å²) in [5.41, 5.74) is 8.26. The zero-order chi connectivity index (χ0) is 14.8. The van der Waals surface area contributed by atoms with Crippen LogP contribution in [-0.2, 0) is 4.74 Å². The summed E-state index contributed by atoms with van der Waals surface area (Å²) >= 11 is 0. The molecule has 1 aliphatic carbocycles. The molecular weight excluding hydrogens is 256 g/mol. The van der Waals surface area contributed by atoms with Gasteiger partial charge in [0.05, 0.1) is 0 Å². The number of hydrogen-bond acceptors (Lipinski definition) is 3. The molecule has 1 amide bonds. The molecule has 1 saturated heterocycles. The number of likely N-dealkylation sites (tertiary alicyclic amines) is 1. The van der Waals surface area contributed by atoms with Gasteiger partial charge in [0.15, 0.2) is 0 Å². The van der Waals surface area contributed by atoms with Crippen LogP contribution in [0.2, 0.25) is 0 Å². The number of azide groups is 1. The topological polar surface area (TPSA) is 78.3 Å². The van der Waals surface area contributed by atoms with Crippen molar-refractivity contribution in [3.8, 4) is 0 Å². The lowest BCUT2D eigenvalue weighted by Gasteiger charge is -2.36. The van der Waals surface area contributed by atoms with Gasteiger partial charge in [0.1, 0.15) is 5.60 Å². The second kappa shape index (κ2) is 5.52. The fourth-order valence-electron chi connectivity index (χ4n) is 3.03. The van der Waals surface area contributed by atoms with Crippen LogP contribution < -0.4 is 0 Å². The van der Waals surface area contributed by atoms with Gasteiger partial charge < -0.3 is 9.64 Å². The van der Waals surface area contributed by atoms with Crippen molar-refractivity contribution >= 4 is 6.09 Å². The lowest BCUT2D eigenvalue weighted by atomic mass is 9.81. The maximum atomic E-state index is 12.0. The normalized spacial score (nSPS) is 22.1. The number of nitrogens with zero attached hydrogens (tertiary/aromatic N) is 4. The third-order valence-corrected chi connectivity index (χ3v) is 4.35. The van der Waals surface area contributed by atoms with Crippen molar-refractivity contribution in [2.75, 3.05) is 19.6 Å². The maximum absolute atomic E-state index is 12.0. The van der Waals surface area contributed by atoms with Crippen LogP contribution in [0.3, 0.4) is 0 Å². The monoisotopic (exact) mass is 280 g/mol. The molecule has 1 saturated carbocycles. The standard InChI is InChI=1S/C14H24N4O2/c1-13(2,3)20-12(19)18-8-4-11(5-9-18)14(6-7-14)10-16-17-15/h11H,4-10H2,1-3H3. The predicted molar refractivity (Wildman–Crippen MR) is 76.2 cm³/mol. The van der Waals surface area contributed by atoms with E-state index in [-0.39, 0.29) is 11.5 Å². The zero-order valence-electron chi connectivity index (χ0n) is 12.6. The molecular formula is C14H24N4O2. The molecule has 0 aromatic carbocycles. The third kappa shape index (κ3) is 3.57. The van der Waals surface area contributed by atoms with E-state index in [1.807, 2.05) is 20.8 Å². The van der Waals surface area contributed by atoms with Gasteiger partial charge in [-0.2, -0.15) is 0 Å². The quantitative estimate of drug-likeness (QED) is 0.448. The van der Waals surface area contributed by atoms with Crippen LogP contribution in [0.4, 0.5) is 4.79 Å². The molecule has 1 aliphatic heterocycles. The largest absolute Gasteiger partial charge is 0.444 e. The van der Waals surface area contributed by atoms with Gasteiger partial charge in [-0.3, -0.25) is 0 Å². The molecule has 1 heterocycles. The minimum absolute atomic E-state index is 0.212. The van der Waals surface area contributed by atoms with Gasteiger partial charge in [0, 0.05) is 24.5 Å². The highest BCUT2D eigenvalue weighted by Crippen LogP contribution is 2.55. The second-order valence-electron chi connectivity index (χ2n) is 6.99.